The highest BCUT2D eigenvalue weighted by molar-refractivity contribution is 6.11. The number of carbonyl (C=O) groups is 1. The molecular formula is C19H18FN3O2. The molecule has 0 bridgehead atoms. The fourth-order valence-corrected chi connectivity index (χ4v) is 2.72. The van der Waals surface area contributed by atoms with E-state index in [1.54, 1.807) is 31.2 Å². The van der Waals surface area contributed by atoms with Crippen LogP contribution in [0.4, 0.5) is 10.1 Å². The molecule has 0 aliphatic rings. The summed E-state index contributed by atoms with van der Waals surface area (Å²) in [5.41, 5.74) is 1.07. The third-order valence-electron chi connectivity index (χ3n) is 3.95. The normalized spacial score (nSPS) is 10.8. The van der Waals surface area contributed by atoms with Gasteiger partial charge in [-0.15, -0.1) is 0 Å². The van der Waals surface area contributed by atoms with Crippen LogP contribution in [0.2, 0.25) is 0 Å². The zero-order valence-corrected chi connectivity index (χ0v) is 14.0. The van der Waals surface area contributed by atoms with Crippen molar-refractivity contribution in [3.8, 4) is 0 Å². The Labute approximate surface area is 144 Å². The highest BCUT2D eigenvalue weighted by atomic mass is 19.1. The first-order valence-corrected chi connectivity index (χ1v) is 8.08. The van der Waals surface area contributed by atoms with Crippen molar-refractivity contribution in [2.24, 2.45) is 0 Å². The van der Waals surface area contributed by atoms with E-state index in [4.69, 9.17) is 0 Å². The van der Waals surface area contributed by atoms with Crippen molar-refractivity contribution in [1.29, 1.82) is 0 Å². The average Bonchev–Trinajstić information content (AvgIpc) is 2.60. The minimum Gasteiger partial charge on any atom is -0.320 e. The summed E-state index contributed by atoms with van der Waals surface area (Å²) < 4.78 is 14.5. The molecule has 0 unspecified atom stereocenters. The maximum absolute atomic E-state index is 13.2. The number of rotatable bonds is 4. The zero-order valence-electron chi connectivity index (χ0n) is 14.0. The Bertz CT molecular complexity index is 1010. The minimum absolute atomic E-state index is 0.173. The van der Waals surface area contributed by atoms with Crippen molar-refractivity contribution in [3.05, 3.63) is 69.9 Å². The standard InChI is InChI=1S/C19H18FN3O2/c1-3-10-23-19(25)15-7-5-4-6-14(15)17(22-23)18(24)21-16-9-8-13(20)11-12(16)2/h4-9,11H,3,10H2,1-2H3,(H,21,24). The number of fused-ring (bicyclic) bond motifs is 1. The Morgan fingerprint density at radius 3 is 2.60 bits per heavy atom. The van der Waals surface area contributed by atoms with E-state index < -0.39 is 5.91 Å². The number of hydrogen-bond donors (Lipinski definition) is 1. The van der Waals surface area contributed by atoms with Crippen LogP contribution in [0.25, 0.3) is 10.8 Å². The number of aromatic nitrogens is 2. The van der Waals surface area contributed by atoms with Crippen LogP contribution < -0.4 is 10.9 Å². The lowest BCUT2D eigenvalue weighted by molar-refractivity contribution is 0.102. The SMILES string of the molecule is CCCn1nc(C(=O)Nc2ccc(F)cc2C)c2ccccc2c1=O. The lowest BCUT2D eigenvalue weighted by Crippen LogP contribution is -2.27. The van der Waals surface area contributed by atoms with E-state index in [9.17, 15) is 14.0 Å². The van der Waals surface area contributed by atoms with Crippen LogP contribution in [0.15, 0.2) is 47.3 Å². The van der Waals surface area contributed by atoms with Gasteiger partial charge in [-0.2, -0.15) is 5.10 Å². The molecule has 25 heavy (non-hydrogen) atoms. The van der Waals surface area contributed by atoms with Crippen LogP contribution in [-0.2, 0) is 6.54 Å². The van der Waals surface area contributed by atoms with Gasteiger partial charge in [0, 0.05) is 17.6 Å². The summed E-state index contributed by atoms with van der Waals surface area (Å²) in [7, 11) is 0. The van der Waals surface area contributed by atoms with Gasteiger partial charge < -0.3 is 5.32 Å². The number of benzene rings is 2. The van der Waals surface area contributed by atoms with E-state index in [1.165, 1.54) is 22.9 Å². The summed E-state index contributed by atoms with van der Waals surface area (Å²) in [6.07, 6.45) is 0.726. The molecule has 128 valence electrons. The second-order valence-electron chi connectivity index (χ2n) is 5.84. The van der Waals surface area contributed by atoms with E-state index >= 15 is 0 Å². The lowest BCUT2D eigenvalue weighted by Gasteiger charge is -2.12. The molecule has 5 nitrogen and oxygen atoms in total. The predicted octanol–water partition coefficient (Wildman–Crippen LogP) is 3.51. The quantitative estimate of drug-likeness (QED) is 0.791. The van der Waals surface area contributed by atoms with E-state index in [0.717, 1.165) is 6.42 Å². The number of anilines is 1. The van der Waals surface area contributed by atoms with Gasteiger partial charge in [0.15, 0.2) is 5.69 Å². The number of nitrogens with one attached hydrogen (secondary N) is 1. The predicted molar refractivity (Wildman–Crippen MR) is 95.4 cm³/mol. The Hall–Kier alpha value is -3.02. The average molecular weight is 339 g/mol. The van der Waals surface area contributed by atoms with Crippen molar-refractivity contribution in [2.45, 2.75) is 26.8 Å². The number of carbonyl (C=O) groups excluding carboxylic acids is 1. The summed E-state index contributed by atoms with van der Waals surface area (Å²) in [4.78, 5) is 25.2. The molecule has 1 N–H and O–H groups in total. The molecule has 3 aromatic rings. The number of nitrogens with zero attached hydrogens (tertiary/aromatic N) is 2. The van der Waals surface area contributed by atoms with Gasteiger partial charge in [0.1, 0.15) is 5.82 Å². The second-order valence-corrected chi connectivity index (χ2v) is 5.84. The summed E-state index contributed by atoms with van der Waals surface area (Å²) in [6, 6.07) is 11.0. The monoisotopic (exact) mass is 339 g/mol. The molecule has 0 fully saturated rings. The van der Waals surface area contributed by atoms with Gasteiger partial charge in [-0.1, -0.05) is 25.1 Å². The van der Waals surface area contributed by atoms with Gasteiger partial charge in [-0.3, -0.25) is 9.59 Å². The van der Waals surface area contributed by atoms with Gasteiger partial charge in [-0.05, 0) is 43.2 Å². The van der Waals surface area contributed by atoms with Gasteiger partial charge in [0.05, 0.1) is 5.39 Å². The summed E-state index contributed by atoms with van der Waals surface area (Å²) in [6.45, 7) is 4.08. The molecule has 0 aliphatic carbocycles. The van der Waals surface area contributed by atoms with Crippen molar-refractivity contribution in [2.75, 3.05) is 5.32 Å². The fourth-order valence-electron chi connectivity index (χ4n) is 2.72. The van der Waals surface area contributed by atoms with Gasteiger partial charge >= 0.3 is 0 Å². The Kier molecular flexibility index (Phi) is 4.61. The molecule has 6 heteroatoms. The zero-order chi connectivity index (χ0) is 18.0. The van der Waals surface area contributed by atoms with Crippen molar-refractivity contribution >= 4 is 22.4 Å². The second kappa shape index (κ2) is 6.84. The van der Waals surface area contributed by atoms with E-state index in [2.05, 4.69) is 10.4 Å². The van der Waals surface area contributed by atoms with Crippen LogP contribution in [0.5, 0.6) is 0 Å². The molecular weight excluding hydrogens is 321 g/mol. The summed E-state index contributed by atoms with van der Waals surface area (Å²) in [5.74, 6) is -0.800. The topological polar surface area (TPSA) is 64.0 Å². The third-order valence-corrected chi connectivity index (χ3v) is 3.95. The van der Waals surface area contributed by atoms with E-state index in [-0.39, 0.29) is 17.1 Å². The number of halogens is 1. The van der Waals surface area contributed by atoms with Crippen molar-refractivity contribution in [3.63, 3.8) is 0 Å². The number of hydrogen-bond acceptors (Lipinski definition) is 3. The lowest BCUT2D eigenvalue weighted by atomic mass is 10.1. The third kappa shape index (κ3) is 3.28. The van der Waals surface area contributed by atoms with Crippen LogP contribution in [0.3, 0.4) is 0 Å². The molecule has 2 aromatic carbocycles. The Balaban J connectivity index is 2.09. The molecule has 1 aromatic heterocycles. The van der Waals surface area contributed by atoms with Gasteiger partial charge in [0.25, 0.3) is 11.5 Å². The molecule has 0 saturated heterocycles. The van der Waals surface area contributed by atoms with Gasteiger partial charge in [0.2, 0.25) is 0 Å². The first kappa shape index (κ1) is 16.8. The van der Waals surface area contributed by atoms with Crippen LogP contribution in [0, 0.1) is 12.7 Å². The summed E-state index contributed by atoms with van der Waals surface area (Å²) in [5, 5.41) is 7.95. The molecule has 0 atom stereocenters. The van der Waals surface area contributed by atoms with Crippen molar-refractivity contribution < 1.29 is 9.18 Å². The van der Waals surface area contributed by atoms with Gasteiger partial charge in [-0.25, -0.2) is 9.07 Å². The van der Waals surface area contributed by atoms with Crippen LogP contribution in [0.1, 0.15) is 29.4 Å². The highest BCUT2D eigenvalue weighted by Gasteiger charge is 2.17. The summed E-state index contributed by atoms with van der Waals surface area (Å²) >= 11 is 0. The number of aryl methyl sites for hydroxylation is 2. The first-order chi connectivity index (χ1) is 12.0. The maximum Gasteiger partial charge on any atom is 0.276 e. The van der Waals surface area contributed by atoms with Crippen molar-refractivity contribution in [1.82, 2.24) is 9.78 Å². The van der Waals surface area contributed by atoms with E-state index in [0.29, 0.717) is 28.6 Å². The first-order valence-electron chi connectivity index (χ1n) is 8.08. The van der Waals surface area contributed by atoms with Crippen LogP contribution >= 0.6 is 0 Å². The highest BCUT2D eigenvalue weighted by Crippen LogP contribution is 2.19. The molecule has 1 heterocycles. The van der Waals surface area contributed by atoms with E-state index in [1.807, 2.05) is 6.92 Å². The molecule has 0 radical (unpaired) electrons. The smallest absolute Gasteiger partial charge is 0.276 e. The molecule has 0 aliphatic heterocycles. The Morgan fingerprint density at radius 1 is 1.20 bits per heavy atom. The largest absolute Gasteiger partial charge is 0.320 e. The minimum atomic E-state index is -0.434. The molecule has 0 spiro atoms. The molecule has 1 amide bonds. The Morgan fingerprint density at radius 2 is 1.92 bits per heavy atom. The molecule has 3 rings (SSSR count). The maximum atomic E-state index is 13.2. The fraction of sp³-hybridized carbons (Fsp3) is 0.211. The number of amides is 1. The van der Waals surface area contributed by atoms with Crippen LogP contribution in [-0.4, -0.2) is 15.7 Å². The molecule has 0 saturated carbocycles.